The molecular weight excluding hydrogens is 294 g/mol. The number of morpholine rings is 1. The molecular formula is C18H25NO4. The Labute approximate surface area is 137 Å². The number of carbonyl (C=O) groups excluding carboxylic acids is 1. The van der Waals surface area contributed by atoms with E-state index < -0.39 is 5.60 Å². The molecule has 1 aromatic rings. The van der Waals surface area contributed by atoms with Crippen molar-refractivity contribution in [1.29, 1.82) is 0 Å². The molecule has 0 radical (unpaired) electrons. The van der Waals surface area contributed by atoms with Gasteiger partial charge in [0.15, 0.2) is 0 Å². The molecule has 3 rings (SSSR count). The molecule has 1 amide bonds. The van der Waals surface area contributed by atoms with Crippen molar-refractivity contribution >= 4 is 6.09 Å². The van der Waals surface area contributed by atoms with Crippen LogP contribution in [0.1, 0.15) is 32.3 Å². The minimum Gasteiger partial charge on any atom is -0.445 e. The summed E-state index contributed by atoms with van der Waals surface area (Å²) in [5.41, 5.74) is 0.243. The third-order valence-corrected chi connectivity index (χ3v) is 5.08. The minimum absolute atomic E-state index is 0.113. The first-order valence-electron chi connectivity index (χ1n) is 8.29. The van der Waals surface area contributed by atoms with Gasteiger partial charge in [-0.15, -0.1) is 0 Å². The van der Waals surface area contributed by atoms with Gasteiger partial charge in [0.2, 0.25) is 0 Å². The number of amides is 1. The zero-order valence-electron chi connectivity index (χ0n) is 13.8. The van der Waals surface area contributed by atoms with E-state index in [-0.39, 0.29) is 30.7 Å². The average Bonchev–Trinajstić information content (AvgIpc) is 2.52. The van der Waals surface area contributed by atoms with Crippen molar-refractivity contribution in [2.45, 2.75) is 51.0 Å². The maximum Gasteiger partial charge on any atom is 0.410 e. The normalized spacial score (nSPS) is 30.3. The molecule has 1 N–H and O–H groups in total. The Balaban J connectivity index is 1.66. The van der Waals surface area contributed by atoms with Gasteiger partial charge in [-0.2, -0.15) is 0 Å². The van der Waals surface area contributed by atoms with E-state index in [2.05, 4.69) is 0 Å². The second-order valence-electron chi connectivity index (χ2n) is 6.96. The Hall–Kier alpha value is -1.59. The summed E-state index contributed by atoms with van der Waals surface area (Å²) in [4.78, 5) is 14.3. The van der Waals surface area contributed by atoms with Gasteiger partial charge >= 0.3 is 6.09 Å². The van der Waals surface area contributed by atoms with E-state index in [1.54, 1.807) is 4.90 Å². The molecule has 2 aliphatic heterocycles. The summed E-state index contributed by atoms with van der Waals surface area (Å²) in [6, 6.07) is 9.43. The van der Waals surface area contributed by atoms with Crippen molar-refractivity contribution in [2.24, 2.45) is 5.92 Å². The molecule has 2 aliphatic rings. The molecule has 0 aliphatic carbocycles. The van der Waals surface area contributed by atoms with E-state index in [1.165, 1.54) is 0 Å². The molecule has 5 nitrogen and oxygen atoms in total. The fourth-order valence-corrected chi connectivity index (χ4v) is 3.58. The number of nitrogens with zero attached hydrogens (tertiary/aromatic N) is 1. The van der Waals surface area contributed by atoms with Crippen molar-refractivity contribution in [3.05, 3.63) is 35.9 Å². The molecule has 0 saturated carbocycles. The summed E-state index contributed by atoms with van der Waals surface area (Å²) in [6.45, 7) is 5.25. The standard InChI is InChI=1S/C18H25NO4/c1-13(2)18(21)8-15-11-22-12-16(9-18)19(15)17(20)23-10-14-6-4-3-5-7-14/h3-7,13,15-16,21H,8-12H2,1-2H3. The third kappa shape index (κ3) is 3.35. The molecule has 2 atom stereocenters. The highest BCUT2D eigenvalue weighted by Gasteiger charge is 2.49. The van der Waals surface area contributed by atoms with Crippen LogP contribution in [0, 0.1) is 5.92 Å². The lowest BCUT2D eigenvalue weighted by Crippen LogP contribution is -2.64. The van der Waals surface area contributed by atoms with Crippen LogP contribution in [0.25, 0.3) is 0 Å². The Morgan fingerprint density at radius 2 is 1.91 bits per heavy atom. The lowest BCUT2D eigenvalue weighted by atomic mass is 9.75. The van der Waals surface area contributed by atoms with Crippen molar-refractivity contribution in [2.75, 3.05) is 13.2 Å². The maximum atomic E-state index is 12.5. The zero-order chi connectivity index (χ0) is 16.4. The maximum absolute atomic E-state index is 12.5. The average molecular weight is 319 g/mol. The van der Waals surface area contributed by atoms with Crippen molar-refractivity contribution < 1.29 is 19.4 Å². The number of hydrogen-bond acceptors (Lipinski definition) is 4. The van der Waals surface area contributed by atoms with Crippen LogP contribution in [-0.2, 0) is 16.1 Å². The Morgan fingerprint density at radius 1 is 1.30 bits per heavy atom. The summed E-state index contributed by atoms with van der Waals surface area (Å²) in [7, 11) is 0. The van der Waals surface area contributed by atoms with Crippen LogP contribution in [0.2, 0.25) is 0 Å². The Bertz CT molecular complexity index is 531. The van der Waals surface area contributed by atoms with Crippen LogP contribution in [0.15, 0.2) is 30.3 Å². The zero-order valence-corrected chi connectivity index (χ0v) is 13.8. The van der Waals surface area contributed by atoms with Crippen LogP contribution < -0.4 is 0 Å². The quantitative estimate of drug-likeness (QED) is 0.930. The third-order valence-electron chi connectivity index (χ3n) is 5.08. The molecule has 23 heavy (non-hydrogen) atoms. The van der Waals surface area contributed by atoms with Gasteiger partial charge in [-0.3, -0.25) is 4.90 Å². The molecule has 5 heteroatoms. The second kappa shape index (κ2) is 6.49. The van der Waals surface area contributed by atoms with Gasteiger partial charge < -0.3 is 14.6 Å². The van der Waals surface area contributed by atoms with E-state index in [9.17, 15) is 9.90 Å². The molecule has 2 saturated heterocycles. The van der Waals surface area contributed by atoms with Crippen molar-refractivity contribution in [3.8, 4) is 0 Å². The first-order valence-corrected chi connectivity index (χ1v) is 8.29. The van der Waals surface area contributed by atoms with E-state index in [0.717, 1.165) is 5.56 Å². The first kappa shape index (κ1) is 16.3. The Kier molecular flexibility index (Phi) is 4.60. The monoisotopic (exact) mass is 319 g/mol. The lowest BCUT2D eigenvalue weighted by Gasteiger charge is -2.52. The lowest BCUT2D eigenvalue weighted by molar-refractivity contribution is -0.148. The van der Waals surface area contributed by atoms with Gasteiger partial charge in [0, 0.05) is 0 Å². The fraction of sp³-hybridized carbons (Fsp3) is 0.611. The number of benzene rings is 1. The predicted octanol–water partition coefficient (Wildman–Crippen LogP) is 2.57. The van der Waals surface area contributed by atoms with Crippen LogP contribution in [0.4, 0.5) is 4.79 Å². The molecule has 0 aromatic heterocycles. The number of carbonyl (C=O) groups is 1. The molecule has 126 valence electrons. The van der Waals surface area contributed by atoms with Crippen LogP contribution >= 0.6 is 0 Å². The summed E-state index contributed by atoms with van der Waals surface area (Å²) in [5, 5.41) is 10.8. The summed E-state index contributed by atoms with van der Waals surface area (Å²) < 4.78 is 11.1. The highest BCUT2D eigenvalue weighted by atomic mass is 16.6. The molecule has 2 unspecified atom stereocenters. The van der Waals surface area contributed by atoms with Crippen LogP contribution in [-0.4, -0.2) is 47.0 Å². The summed E-state index contributed by atoms with van der Waals surface area (Å²) in [5.74, 6) is 0.160. The van der Waals surface area contributed by atoms with E-state index in [4.69, 9.17) is 9.47 Å². The predicted molar refractivity (Wildman–Crippen MR) is 85.9 cm³/mol. The smallest absolute Gasteiger partial charge is 0.410 e. The van der Waals surface area contributed by atoms with E-state index in [1.807, 2.05) is 44.2 Å². The van der Waals surface area contributed by atoms with Gasteiger partial charge in [0.1, 0.15) is 6.61 Å². The van der Waals surface area contributed by atoms with Crippen molar-refractivity contribution in [3.63, 3.8) is 0 Å². The van der Waals surface area contributed by atoms with Gasteiger partial charge in [-0.1, -0.05) is 44.2 Å². The summed E-state index contributed by atoms with van der Waals surface area (Å²) >= 11 is 0. The number of aliphatic hydroxyl groups is 1. The summed E-state index contributed by atoms with van der Waals surface area (Å²) in [6.07, 6.45) is 0.779. The molecule has 1 aromatic carbocycles. The van der Waals surface area contributed by atoms with E-state index in [0.29, 0.717) is 26.1 Å². The largest absolute Gasteiger partial charge is 0.445 e. The number of hydrogen-bond donors (Lipinski definition) is 1. The topological polar surface area (TPSA) is 59.0 Å². The van der Waals surface area contributed by atoms with Gasteiger partial charge in [-0.25, -0.2) is 4.79 Å². The number of piperidine rings is 1. The van der Waals surface area contributed by atoms with Crippen LogP contribution in [0.3, 0.4) is 0 Å². The van der Waals surface area contributed by atoms with Crippen LogP contribution in [0.5, 0.6) is 0 Å². The number of fused-ring (bicyclic) bond motifs is 2. The fourth-order valence-electron chi connectivity index (χ4n) is 3.58. The van der Waals surface area contributed by atoms with E-state index >= 15 is 0 Å². The highest BCUT2D eigenvalue weighted by Crippen LogP contribution is 2.39. The minimum atomic E-state index is -0.727. The first-order chi connectivity index (χ1) is 11.0. The van der Waals surface area contributed by atoms with Crippen molar-refractivity contribution in [1.82, 2.24) is 4.90 Å². The molecule has 2 heterocycles. The van der Waals surface area contributed by atoms with Gasteiger partial charge in [0.25, 0.3) is 0 Å². The molecule has 2 bridgehead atoms. The molecule has 2 fully saturated rings. The Morgan fingerprint density at radius 3 is 2.48 bits per heavy atom. The number of rotatable bonds is 3. The van der Waals surface area contributed by atoms with Gasteiger partial charge in [0.05, 0.1) is 30.9 Å². The van der Waals surface area contributed by atoms with Gasteiger partial charge in [-0.05, 0) is 24.3 Å². The molecule has 0 spiro atoms. The SMILES string of the molecule is CC(C)C1(O)CC2COCC(C1)N2C(=O)OCc1ccccc1. The second-order valence-corrected chi connectivity index (χ2v) is 6.96. The highest BCUT2D eigenvalue weighted by molar-refractivity contribution is 5.69. The number of ether oxygens (including phenoxy) is 2.